The molecule has 24 heavy (non-hydrogen) atoms. The van der Waals surface area contributed by atoms with Crippen LogP contribution >= 0.6 is 23.1 Å². The first-order valence-electron chi connectivity index (χ1n) is 7.46. The Hall–Kier alpha value is -2.31. The zero-order valence-electron chi connectivity index (χ0n) is 12.9. The number of Topliss-reactive ketones (excluding diaryl/α,β-unsaturated/α-hetero) is 1. The summed E-state index contributed by atoms with van der Waals surface area (Å²) < 4.78 is 2.03. The van der Waals surface area contributed by atoms with Crippen molar-refractivity contribution in [3.05, 3.63) is 59.9 Å². The number of thiazole rings is 1. The Morgan fingerprint density at radius 1 is 0.958 bits per heavy atom. The molecule has 0 bridgehead atoms. The summed E-state index contributed by atoms with van der Waals surface area (Å²) in [5, 5.41) is 0. The van der Waals surface area contributed by atoms with Crippen molar-refractivity contribution in [1.82, 2.24) is 15.0 Å². The topological polar surface area (TPSA) is 55.7 Å². The van der Waals surface area contributed by atoms with Crippen LogP contribution in [0.15, 0.2) is 52.9 Å². The zero-order valence-corrected chi connectivity index (χ0v) is 14.5. The van der Waals surface area contributed by atoms with Crippen LogP contribution in [0.3, 0.4) is 0 Å². The number of benzene rings is 2. The summed E-state index contributed by atoms with van der Waals surface area (Å²) in [6.45, 7) is 1.83. The van der Waals surface area contributed by atoms with E-state index in [9.17, 15) is 4.79 Å². The highest BCUT2D eigenvalue weighted by Crippen LogP contribution is 2.29. The summed E-state index contributed by atoms with van der Waals surface area (Å²) in [6.07, 6.45) is 0. The molecular weight excluding hydrogens is 338 g/mol. The second kappa shape index (κ2) is 6.30. The molecule has 0 spiro atoms. The number of aromatic nitrogens is 3. The molecule has 0 saturated heterocycles. The molecule has 2 aromatic heterocycles. The molecule has 2 heterocycles. The molecule has 0 aliphatic rings. The maximum absolute atomic E-state index is 12.6. The minimum Gasteiger partial charge on any atom is -0.291 e. The maximum atomic E-state index is 12.6. The number of rotatable bonds is 4. The van der Waals surface area contributed by atoms with Crippen molar-refractivity contribution in [3.8, 4) is 0 Å². The summed E-state index contributed by atoms with van der Waals surface area (Å²) in [4.78, 5) is 26.1. The Bertz CT molecular complexity index is 1030. The second-order valence-electron chi connectivity index (χ2n) is 5.31. The van der Waals surface area contributed by atoms with E-state index in [0.717, 1.165) is 25.6 Å². The molecule has 0 unspecified atom stereocenters. The van der Waals surface area contributed by atoms with Gasteiger partial charge in [-0.3, -0.25) is 4.79 Å². The van der Waals surface area contributed by atoms with E-state index in [-0.39, 0.29) is 5.78 Å². The fraction of sp³-hybridized carbons (Fsp3) is 0.111. The molecule has 0 amide bonds. The van der Waals surface area contributed by atoms with Crippen molar-refractivity contribution in [2.24, 2.45) is 0 Å². The molecule has 0 N–H and O–H groups in total. The van der Waals surface area contributed by atoms with Gasteiger partial charge in [-0.2, -0.15) is 0 Å². The van der Waals surface area contributed by atoms with Crippen LogP contribution < -0.4 is 0 Å². The van der Waals surface area contributed by atoms with Crippen molar-refractivity contribution in [3.63, 3.8) is 0 Å². The SMILES string of the molecule is Cc1nc2ccccc2nc1C(=O)CSc1nc2ccccc2s1. The minimum atomic E-state index is -0.0185. The van der Waals surface area contributed by atoms with E-state index in [0.29, 0.717) is 17.1 Å². The molecule has 0 aliphatic carbocycles. The number of carbonyl (C=O) groups is 1. The molecule has 4 nitrogen and oxygen atoms in total. The number of para-hydroxylation sites is 3. The number of aryl methyl sites for hydroxylation is 1. The van der Waals surface area contributed by atoms with Gasteiger partial charge >= 0.3 is 0 Å². The van der Waals surface area contributed by atoms with Gasteiger partial charge in [-0.25, -0.2) is 15.0 Å². The van der Waals surface area contributed by atoms with Crippen molar-refractivity contribution >= 4 is 50.1 Å². The lowest BCUT2D eigenvalue weighted by Gasteiger charge is -2.05. The normalized spacial score (nSPS) is 11.2. The van der Waals surface area contributed by atoms with Crippen LogP contribution in [0.2, 0.25) is 0 Å². The van der Waals surface area contributed by atoms with Crippen molar-refractivity contribution < 1.29 is 4.79 Å². The van der Waals surface area contributed by atoms with E-state index >= 15 is 0 Å². The van der Waals surface area contributed by atoms with Crippen LogP contribution in [0.25, 0.3) is 21.3 Å². The van der Waals surface area contributed by atoms with Gasteiger partial charge in [0.15, 0.2) is 10.1 Å². The third-order valence-electron chi connectivity index (χ3n) is 3.61. The number of ketones is 1. The smallest absolute Gasteiger partial charge is 0.193 e. The lowest BCUT2D eigenvalue weighted by atomic mass is 10.2. The van der Waals surface area contributed by atoms with Gasteiger partial charge in [0, 0.05) is 0 Å². The van der Waals surface area contributed by atoms with E-state index in [2.05, 4.69) is 15.0 Å². The highest BCUT2D eigenvalue weighted by molar-refractivity contribution is 8.01. The van der Waals surface area contributed by atoms with Gasteiger partial charge in [0.05, 0.1) is 32.7 Å². The van der Waals surface area contributed by atoms with Gasteiger partial charge in [0.1, 0.15) is 5.69 Å². The lowest BCUT2D eigenvalue weighted by molar-refractivity contribution is 0.101. The van der Waals surface area contributed by atoms with Crippen LogP contribution in [0.1, 0.15) is 16.2 Å². The number of thioether (sulfide) groups is 1. The number of hydrogen-bond donors (Lipinski definition) is 0. The van der Waals surface area contributed by atoms with Crippen molar-refractivity contribution in [2.45, 2.75) is 11.3 Å². The van der Waals surface area contributed by atoms with Gasteiger partial charge in [-0.05, 0) is 31.2 Å². The molecule has 0 fully saturated rings. The molecule has 6 heteroatoms. The fourth-order valence-corrected chi connectivity index (χ4v) is 4.39. The van der Waals surface area contributed by atoms with E-state index in [1.807, 2.05) is 55.5 Å². The van der Waals surface area contributed by atoms with Crippen LogP contribution in [0, 0.1) is 6.92 Å². The highest BCUT2D eigenvalue weighted by atomic mass is 32.2. The summed E-state index contributed by atoms with van der Waals surface area (Å²) in [5.41, 5.74) is 3.65. The molecular formula is C18H13N3OS2. The van der Waals surface area contributed by atoms with Crippen molar-refractivity contribution in [2.75, 3.05) is 5.75 Å². The summed E-state index contributed by atoms with van der Waals surface area (Å²) in [6, 6.07) is 15.6. The van der Waals surface area contributed by atoms with Gasteiger partial charge in [-0.1, -0.05) is 36.0 Å². The number of hydrogen-bond acceptors (Lipinski definition) is 6. The zero-order chi connectivity index (χ0) is 16.5. The van der Waals surface area contributed by atoms with Gasteiger partial charge in [0.2, 0.25) is 0 Å². The first kappa shape index (κ1) is 15.2. The molecule has 2 aromatic carbocycles. The van der Waals surface area contributed by atoms with E-state index in [4.69, 9.17) is 0 Å². The highest BCUT2D eigenvalue weighted by Gasteiger charge is 2.15. The molecule has 0 atom stereocenters. The van der Waals surface area contributed by atoms with Crippen LogP contribution in [-0.4, -0.2) is 26.5 Å². The Kier molecular flexibility index (Phi) is 4.00. The number of nitrogens with zero attached hydrogens (tertiary/aromatic N) is 3. The Balaban J connectivity index is 1.56. The van der Waals surface area contributed by atoms with Gasteiger partial charge in [-0.15, -0.1) is 11.3 Å². The molecule has 4 aromatic rings. The third-order valence-corrected chi connectivity index (χ3v) is 5.79. The van der Waals surface area contributed by atoms with Crippen LogP contribution in [-0.2, 0) is 0 Å². The maximum Gasteiger partial charge on any atom is 0.193 e. The summed E-state index contributed by atoms with van der Waals surface area (Å²) in [7, 11) is 0. The van der Waals surface area contributed by atoms with Crippen LogP contribution in [0.5, 0.6) is 0 Å². The van der Waals surface area contributed by atoms with Crippen molar-refractivity contribution in [1.29, 1.82) is 0 Å². The predicted molar refractivity (Wildman–Crippen MR) is 98.9 cm³/mol. The number of carbonyl (C=O) groups excluding carboxylic acids is 1. The Morgan fingerprint density at radius 2 is 1.62 bits per heavy atom. The third kappa shape index (κ3) is 2.90. The number of fused-ring (bicyclic) bond motifs is 2. The standard InChI is InChI=1S/C18H13N3OS2/c1-11-17(20-13-7-3-2-6-12(13)19-11)15(22)10-23-18-21-14-8-4-5-9-16(14)24-18/h2-9H,10H2,1H3. The van der Waals surface area contributed by atoms with E-state index in [1.54, 1.807) is 11.3 Å². The fourth-order valence-electron chi connectivity index (χ4n) is 2.46. The lowest BCUT2D eigenvalue weighted by Crippen LogP contribution is -2.09. The molecule has 0 radical (unpaired) electrons. The summed E-state index contributed by atoms with van der Waals surface area (Å²) in [5.74, 6) is 0.295. The Morgan fingerprint density at radius 3 is 2.38 bits per heavy atom. The predicted octanol–water partition coefficient (Wildman–Crippen LogP) is 4.52. The van der Waals surface area contributed by atoms with Gasteiger partial charge in [0.25, 0.3) is 0 Å². The first-order valence-corrected chi connectivity index (χ1v) is 9.26. The average Bonchev–Trinajstić information content (AvgIpc) is 3.02. The summed E-state index contributed by atoms with van der Waals surface area (Å²) >= 11 is 3.06. The molecule has 0 saturated carbocycles. The largest absolute Gasteiger partial charge is 0.291 e. The van der Waals surface area contributed by atoms with Crippen LogP contribution in [0.4, 0.5) is 0 Å². The Labute approximate surface area is 147 Å². The monoisotopic (exact) mass is 351 g/mol. The molecule has 0 aliphatic heterocycles. The molecule has 4 rings (SSSR count). The van der Waals surface area contributed by atoms with E-state index in [1.165, 1.54) is 11.8 Å². The minimum absolute atomic E-state index is 0.0185. The second-order valence-corrected chi connectivity index (χ2v) is 7.56. The average molecular weight is 351 g/mol. The molecule has 118 valence electrons. The first-order chi connectivity index (χ1) is 11.7. The quantitative estimate of drug-likeness (QED) is 0.399. The van der Waals surface area contributed by atoms with Gasteiger partial charge < -0.3 is 0 Å². The van der Waals surface area contributed by atoms with E-state index < -0.39 is 0 Å².